The molecule has 0 radical (unpaired) electrons. The standard InChI is InChI=1S/C17H24N2O3/c1-17(10-4-5-11-17)16(21)18-13-6-8-14(9-7-13)22-12-15(20)19(2)3/h6-9H,4-5,10-12H2,1-3H3,(H,18,21). The van der Waals surface area contributed by atoms with Crippen LogP contribution in [-0.4, -0.2) is 37.4 Å². The topological polar surface area (TPSA) is 58.6 Å². The van der Waals surface area contributed by atoms with Crippen molar-refractivity contribution in [1.82, 2.24) is 4.90 Å². The van der Waals surface area contributed by atoms with E-state index < -0.39 is 0 Å². The Kier molecular flexibility index (Phi) is 5.06. The average molecular weight is 304 g/mol. The molecule has 0 atom stereocenters. The Morgan fingerprint density at radius 2 is 1.77 bits per heavy atom. The second-order valence-corrected chi connectivity index (χ2v) is 6.32. The zero-order chi connectivity index (χ0) is 16.2. The number of carbonyl (C=O) groups is 2. The minimum Gasteiger partial charge on any atom is -0.484 e. The lowest BCUT2D eigenvalue weighted by Gasteiger charge is -2.22. The van der Waals surface area contributed by atoms with Crippen LogP contribution in [0.2, 0.25) is 0 Å². The summed E-state index contributed by atoms with van der Waals surface area (Å²) in [6.45, 7) is 2.04. The number of nitrogens with one attached hydrogen (secondary N) is 1. The summed E-state index contributed by atoms with van der Waals surface area (Å²) in [6.07, 6.45) is 4.15. The van der Waals surface area contributed by atoms with Gasteiger partial charge in [0.2, 0.25) is 5.91 Å². The molecule has 1 fully saturated rings. The summed E-state index contributed by atoms with van der Waals surface area (Å²) in [7, 11) is 3.38. The van der Waals surface area contributed by atoms with Gasteiger partial charge in [-0.3, -0.25) is 9.59 Å². The maximum atomic E-state index is 12.3. The molecule has 1 aliphatic carbocycles. The molecule has 0 aromatic heterocycles. The van der Waals surface area contributed by atoms with Gasteiger partial charge in [-0.2, -0.15) is 0 Å². The molecule has 22 heavy (non-hydrogen) atoms. The molecule has 0 spiro atoms. The second kappa shape index (κ2) is 6.81. The van der Waals surface area contributed by atoms with Crippen molar-refractivity contribution in [2.45, 2.75) is 32.6 Å². The fraction of sp³-hybridized carbons (Fsp3) is 0.529. The Balaban J connectivity index is 1.89. The first-order chi connectivity index (χ1) is 10.4. The number of hydrogen-bond donors (Lipinski definition) is 1. The molecule has 0 saturated heterocycles. The molecule has 2 amide bonds. The van der Waals surface area contributed by atoms with E-state index in [9.17, 15) is 9.59 Å². The molecular weight excluding hydrogens is 280 g/mol. The van der Waals surface area contributed by atoms with Gasteiger partial charge in [0.05, 0.1) is 0 Å². The lowest BCUT2D eigenvalue weighted by Crippen LogP contribution is -2.30. The van der Waals surface area contributed by atoms with Crippen LogP contribution < -0.4 is 10.1 Å². The summed E-state index contributed by atoms with van der Waals surface area (Å²) < 4.78 is 5.40. The van der Waals surface area contributed by atoms with Crippen LogP contribution in [0.4, 0.5) is 5.69 Å². The summed E-state index contributed by atoms with van der Waals surface area (Å²) in [6, 6.07) is 7.11. The molecule has 5 nitrogen and oxygen atoms in total. The first kappa shape index (κ1) is 16.3. The number of carbonyl (C=O) groups excluding carboxylic acids is 2. The van der Waals surface area contributed by atoms with E-state index in [0.717, 1.165) is 31.4 Å². The Hall–Kier alpha value is -2.04. The molecule has 1 aliphatic rings. The normalized spacial score (nSPS) is 16.1. The molecule has 1 aromatic carbocycles. The number of likely N-dealkylation sites (N-methyl/N-ethyl adjacent to an activating group) is 1. The van der Waals surface area contributed by atoms with E-state index in [-0.39, 0.29) is 23.8 Å². The van der Waals surface area contributed by atoms with E-state index in [2.05, 4.69) is 5.32 Å². The van der Waals surface area contributed by atoms with Gasteiger partial charge < -0.3 is 15.0 Å². The number of benzene rings is 1. The first-order valence-electron chi connectivity index (χ1n) is 7.65. The van der Waals surface area contributed by atoms with Gasteiger partial charge in [-0.25, -0.2) is 0 Å². The van der Waals surface area contributed by atoms with E-state index >= 15 is 0 Å². The maximum absolute atomic E-state index is 12.3. The van der Waals surface area contributed by atoms with Gasteiger partial charge in [-0.1, -0.05) is 19.8 Å². The quantitative estimate of drug-likeness (QED) is 0.910. The SMILES string of the molecule is CN(C)C(=O)COc1ccc(NC(=O)C2(C)CCCC2)cc1. The highest BCUT2D eigenvalue weighted by Gasteiger charge is 2.36. The number of nitrogens with zero attached hydrogens (tertiary/aromatic N) is 1. The molecule has 0 bridgehead atoms. The molecule has 0 aliphatic heterocycles. The van der Waals surface area contributed by atoms with Gasteiger partial charge in [0.25, 0.3) is 5.91 Å². The van der Waals surface area contributed by atoms with Crippen LogP contribution >= 0.6 is 0 Å². The molecule has 2 rings (SSSR count). The molecule has 1 aromatic rings. The zero-order valence-corrected chi connectivity index (χ0v) is 13.5. The number of rotatable bonds is 5. The highest BCUT2D eigenvalue weighted by molar-refractivity contribution is 5.95. The zero-order valence-electron chi connectivity index (χ0n) is 13.5. The van der Waals surface area contributed by atoms with Crippen molar-refractivity contribution in [2.75, 3.05) is 26.0 Å². The largest absolute Gasteiger partial charge is 0.484 e. The van der Waals surface area contributed by atoms with E-state index in [1.807, 2.05) is 6.92 Å². The van der Waals surface area contributed by atoms with Crippen molar-refractivity contribution >= 4 is 17.5 Å². The van der Waals surface area contributed by atoms with Crippen LogP contribution in [0.1, 0.15) is 32.6 Å². The monoisotopic (exact) mass is 304 g/mol. The van der Waals surface area contributed by atoms with Crippen LogP contribution in [0, 0.1) is 5.41 Å². The summed E-state index contributed by atoms with van der Waals surface area (Å²) in [5.41, 5.74) is 0.511. The summed E-state index contributed by atoms with van der Waals surface area (Å²) in [4.78, 5) is 25.3. The van der Waals surface area contributed by atoms with Gasteiger partial charge in [0, 0.05) is 25.2 Å². The molecule has 0 unspecified atom stereocenters. The predicted molar refractivity (Wildman–Crippen MR) is 85.8 cm³/mol. The van der Waals surface area contributed by atoms with Gasteiger partial charge >= 0.3 is 0 Å². The summed E-state index contributed by atoms with van der Waals surface area (Å²) in [5, 5.41) is 2.97. The first-order valence-corrected chi connectivity index (χ1v) is 7.65. The molecule has 0 heterocycles. The minimum atomic E-state index is -0.243. The Bertz CT molecular complexity index is 531. The lowest BCUT2D eigenvalue weighted by molar-refractivity contribution is -0.130. The molecule has 1 saturated carbocycles. The smallest absolute Gasteiger partial charge is 0.259 e. The Morgan fingerprint density at radius 3 is 2.32 bits per heavy atom. The van der Waals surface area contributed by atoms with Crippen molar-refractivity contribution in [3.63, 3.8) is 0 Å². The molecule has 1 N–H and O–H groups in total. The predicted octanol–water partition coefficient (Wildman–Crippen LogP) is 2.67. The Morgan fingerprint density at radius 1 is 1.18 bits per heavy atom. The minimum absolute atomic E-state index is 0.0107. The fourth-order valence-corrected chi connectivity index (χ4v) is 2.57. The van der Waals surface area contributed by atoms with Crippen molar-refractivity contribution in [2.24, 2.45) is 5.41 Å². The van der Waals surface area contributed by atoms with E-state index in [1.165, 1.54) is 4.90 Å². The van der Waals surface area contributed by atoms with Crippen molar-refractivity contribution in [3.05, 3.63) is 24.3 Å². The van der Waals surface area contributed by atoms with E-state index in [1.54, 1.807) is 38.4 Å². The van der Waals surface area contributed by atoms with Crippen LogP contribution in [0.3, 0.4) is 0 Å². The number of amides is 2. The highest BCUT2D eigenvalue weighted by Crippen LogP contribution is 2.38. The van der Waals surface area contributed by atoms with Gasteiger partial charge in [0.1, 0.15) is 5.75 Å². The highest BCUT2D eigenvalue weighted by atomic mass is 16.5. The molecule has 5 heteroatoms. The molecule has 120 valence electrons. The third-order valence-corrected chi connectivity index (χ3v) is 4.23. The van der Waals surface area contributed by atoms with Crippen molar-refractivity contribution in [3.8, 4) is 5.75 Å². The number of hydrogen-bond acceptors (Lipinski definition) is 3. The maximum Gasteiger partial charge on any atom is 0.259 e. The van der Waals surface area contributed by atoms with Crippen LogP contribution in [0.15, 0.2) is 24.3 Å². The van der Waals surface area contributed by atoms with Gasteiger partial charge in [-0.05, 0) is 37.1 Å². The molecular formula is C17H24N2O3. The average Bonchev–Trinajstić information content (AvgIpc) is 2.94. The third kappa shape index (κ3) is 4.00. The van der Waals surface area contributed by atoms with Gasteiger partial charge in [-0.15, -0.1) is 0 Å². The van der Waals surface area contributed by atoms with Gasteiger partial charge in [0.15, 0.2) is 6.61 Å². The third-order valence-electron chi connectivity index (χ3n) is 4.23. The lowest BCUT2D eigenvalue weighted by atomic mass is 9.88. The summed E-state index contributed by atoms with van der Waals surface area (Å²) in [5.74, 6) is 0.605. The second-order valence-electron chi connectivity index (χ2n) is 6.32. The van der Waals surface area contributed by atoms with Crippen LogP contribution in [-0.2, 0) is 9.59 Å². The van der Waals surface area contributed by atoms with E-state index in [4.69, 9.17) is 4.74 Å². The Labute approximate surface area is 131 Å². The fourth-order valence-electron chi connectivity index (χ4n) is 2.57. The summed E-state index contributed by atoms with van der Waals surface area (Å²) >= 11 is 0. The number of anilines is 1. The van der Waals surface area contributed by atoms with Crippen LogP contribution in [0.25, 0.3) is 0 Å². The van der Waals surface area contributed by atoms with Crippen LogP contribution in [0.5, 0.6) is 5.75 Å². The van der Waals surface area contributed by atoms with Crippen molar-refractivity contribution in [1.29, 1.82) is 0 Å². The van der Waals surface area contributed by atoms with E-state index in [0.29, 0.717) is 5.75 Å². The number of ether oxygens (including phenoxy) is 1. The van der Waals surface area contributed by atoms with Crippen molar-refractivity contribution < 1.29 is 14.3 Å².